The minimum atomic E-state index is -4.70. The van der Waals surface area contributed by atoms with Gasteiger partial charge in [-0.2, -0.15) is 18.4 Å². The van der Waals surface area contributed by atoms with Crippen LogP contribution < -0.4 is 0 Å². The molecule has 0 spiro atoms. The van der Waals surface area contributed by atoms with Crippen molar-refractivity contribution in [1.82, 2.24) is 15.0 Å². The molecule has 1 aromatic heterocycles. The largest absolute Gasteiger partial charge is 0.436 e. The molecule has 7 heteroatoms. The first-order valence-electron chi connectivity index (χ1n) is 6.18. The number of alkyl halides is 3. The van der Waals surface area contributed by atoms with E-state index in [9.17, 15) is 13.2 Å². The van der Waals surface area contributed by atoms with Gasteiger partial charge in [0.15, 0.2) is 11.4 Å². The first-order valence-corrected chi connectivity index (χ1v) is 6.18. The maximum absolute atomic E-state index is 13.0. The zero-order valence-electron chi connectivity index (χ0n) is 11.7. The second kappa shape index (κ2) is 4.88. The zero-order valence-corrected chi connectivity index (χ0v) is 11.7. The number of aromatic nitrogens is 3. The smallest absolute Gasteiger partial charge is 0.207 e. The maximum Gasteiger partial charge on any atom is 0.436 e. The molecule has 2 aromatic rings. The quantitative estimate of drug-likeness (QED) is 0.809. The molecule has 110 valence electrons. The lowest BCUT2D eigenvalue weighted by atomic mass is 9.87. The van der Waals surface area contributed by atoms with E-state index in [1.54, 1.807) is 12.1 Å². The molecular formula is C14H13F3N4. The molecule has 0 saturated carbocycles. The van der Waals surface area contributed by atoms with Crippen LogP contribution >= 0.6 is 0 Å². The number of nitriles is 1. The highest BCUT2D eigenvalue weighted by Crippen LogP contribution is 2.32. The first-order chi connectivity index (χ1) is 9.64. The van der Waals surface area contributed by atoms with Crippen LogP contribution in [0.15, 0.2) is 24.3 Å². The Labute approximate surface area is 119 Å². The van der Waals surface area contributed by atoms with Crippen molar-refractivity contribution in [3.63, 3.8) is 0 Å². The minimum absolute atomic E-state index is 0.106. The fourth-order valence-corrected chi connectivity index (χ4v) is 1.89. The Hall–Kier alpha value is -2.36. The van der Waals surface area contributed by atoms with Crippen LogP contribution in [0.3, 0.4) is 0 Å². The Kier molecular flexibility index (Phi) is 3.49. The van der Waals surface area contributed by atoms with Gasteiger partial charge in [-0.3, -0.25) is 0 Å². The normalized spacial score (nSPS) is 12.2. The predicted molar refractivity (Wildman–Crippen MR) is 69.8 cm³/mol. The van der Waals surface area contributed by atoms with Gasteiger partial charge in [0.25, 0.3) is 0 Å². The predicted octanol–water partition coefficient (Wildman–Crippen LogP) is 3.46. The molecule has 0 amide bonds. The standard InChI is InChI=1S/C14H13F3N4/c1-13(2,3)9-4-6-10(7-5-9)21-12(14(15,16)17)11(8-18)19-20-21/h4-7H,1-3H3. The van der Waals surface area contributed by atoms with Gasteiger partial charge in [0.2, 0.25) is 0 Å². The molecule has 1 aromatic carbocycles. The molecule has 0 unspecified atom stereocenters. The van der Waals surface area contributed by atoms with E-state index >= 15 is 0 Å². The van der Waals surface area contributed by atoms with E-state index in [1.165, 1.54) is 18.2 Å². The molecular weight excluding hydrogens is 281 g/mol. The zero-order chi connectivity index (χ0) is 15.8. The number of hydrogen-bond acceptors (Lipinski definition) is 3. The van der Waals surface area contributed by atoms with Gasteiger partial charge >= 0.3 is 6.18 Å². The van der Waals surface area contributed by atoms with Gasteiger partial charge in [0, 0.05) is 0 Å². The molecule has 0 atom stereocenters. The lowest BCUT2D eigenvalue weighted by molar-refractivity contribution is -0.143. The van der Waals surface area contributed by atoms with E-state index < -0.39 is 17.6 Å². The Morgan fingerprint density at radius 1 is 1.10 bits per heavy atom. The van der Waals surface area contributed by atoms with Crippen molar-refractivity contribution in [3.05, 3.63) is 41.2 Å². The average molecular weight is 294 g/mol. The molecule has 0 aliphatic rings. The van der Waals surface area contributed by atoms with E-state index in [0.717, 1.165) is 5.56 Å². The topological polar surface area (TPSA) is 54.5 Å². The van der Waals surface area contributed by atoms with Crippen LogP contribution in [0, 0.1) is 11.3 Å². The van der Waals surface area contributed by atoms with Gasteiger partial charge in [0.05, 0.1) is 5.69 Å². The second-order valence-electron chi connectivity index (χ2n) is 5.60. The summed E-state index contributed by atoms with van der Waals surface area (Å²) in [7, 11) is 0. The van der Waals surface area contributed by atoms with Crippen molar-refractivity contribution in [3.8, 4) is 11.8 Å². The average Bonchev–Trinajstić information content (AvgIpc) is 2.81. The highest BCUT2D eigenvalue weighted by atomic mass is 19.4. The van der Waals surface area contributed by atoms with Crippen LogP contribution in [0.1, 0.15) is 37.7 Å². The van der Waals surface area contributed by atoms with E-state index in [2.05, 4.69) is 10.3 Å². The highest BCUT2D eigenvalue weighted by molar-refractivity contribution is 5.40. The molecule has 0 N–H and O–H groups in total. The summed E-state index contributed by atoms with van der Waals surface area (Å²) in [6.07, 6.45) is -4.70. The molecule has 2 rings (SSSR count). The van der Waals surface area contributed by atoms with Crippen LogP contribution in [0.25, 0.3) is 5.69 Å². The van der Waals surface area contributed by atoms with Gasteiger partial charge < -0.3 is 0 Å². The summed E-state index contributed by atoms with van der Waals surface area (Å²) in [5.41, 5.74) is -0.799. The van der Waals surface area contributed by atoms with Crippen molar-refractivity contribution >= 4 is 0 Å². The summed E-state index contributed by atoms with van der Waals surface area (Å²) in [6.45, 7) is 6.02. The van der Waals surface area contributed by atoms with Crippen LogP contribution in [0.2, 0.25) is 0 Å². The molecule has 0 radical (unpaired) electrons. The van der Waals surface area contributed by atoms with Crippen LogP contribution in [0.5, 0.6) is 0 Å². The maximum atomic E-state index is 13.0. The van der Waals surface area contributed by atoms with E-state index in [0.29, 0.717) is 4.68 Å². The Morgan fingerprint density at radius 2 is 1.67 bits per heavy atom. The lowest BCUT2D eigenvalue weighted by Crippen LogP contribution is -2.15. The number of benzene rings is 1. The first kappa shape index (κ1) is 15.0. The van der Waals surface area contributed by atoms with Crippen molar-refractivity contribution in [2.75, 3.05) is 0 Å². The molecule has 1 heterocycles. The van der Waals surface area contributed by atoms with Gasteiger partial charge in [0.1, 0.15) is 6.07 Å². The van der Waals surface area contributed by atoms with Crippen LogP contribution in [-0.4, -0.2) is 15.0 Å². The van der Waals surface area contributed by atoms with E-state index in [-0.39, 0.29) is 11.1 Å². The summed E-state index contributed by atoms with van der Waals surface area (Å²) in [5, 5.41) is 15.4. The second-order valence-corrected chi connectivity index (χ2v) is 5.60. The van der Waals surface area contributed by atoms with Crippen molar-refractivity contribution < 1.29 is 13.2 Å². The molecule has 0 saturated heterocycles. The summed E-state index contributed by atoms with van der Waals surface area (Å²) in [5.74, 6) is 0. The van der Waals surface area contributed by atoms with Crippen molar-refractivity contribution in [2.45, 2.75) is 32.4 Å². The lowest BCUT2D eigenvalue weighted by Gasteiger charge is -2.19. The van der Waals surface area contributed by atoms with Crippen LogP contribution in [0.4, 0.5) is 13.2 Å². The van der Waals surface area contributed by atoms with Gasteiger partial charge in [-0.1, -0.05) is 38.1 Å². The fraction of sp³-hybridized carbons (Fsp3) is 0.357. The molecule has 0 aliphatic carbocycles. The third-order valence-corrected chi connectivity index (χ3v) is 3.02. The van der Waals surface area contributed by atoms with Crippen molar-refractivity contribution in [2.24, 2.45) is 0 Å². The summed E-state index contributed by atoms with van der Waals surface area (Å²) in [4.78, 5) is 0. The highest BCUT2D eigenvalue weighted by Gasteiger charge is 2.40. The molecule has 0 aliphatic heterocycles. The van der Waals surface area contributed by atoms with Gasteiger partial charge in [-0.15, -0.1) is 5.10 Å². The number of nitrogens with zero attached hydrogens (tertiary/aromatic N) is 4. The summed E-state index contributed by atoms with van der Waals surface area (Å²) < 4.78 is 39.7. The molecule has 0 bridgehead atoms. The number of halogens is 3. The van der Waals surface area contributed by atoms with Gasteiger partial charge in [-0.05, 0) is 23.1 Å². The van der Waals surface area contributed by atoms with Crippen LogP contribution in [-0.2, 0) is 11.6 Å². The third kappa shape index (κ3) is 2.89. The monoisotopic (exact) mass is 294 g/mol. The van der Waals surface area contributed by atoms with E-state index in [1.807, 2.05) is 20.8 Å². The summed E-state index contributed by atoms with van der Waals surface area (Å²) in [6, 6.07) is 7.96. The SMILES string of the molecule is CC(C)(C)c1ccc(-n2nnc(C#N)c2C(F)(F)F)cc1. The summed E-state index contributed by atoms with van der Waals surface area (Å²) >= 11 is 0. The van der Waals surface area contributed by atoms with Gasteiger partial charge in [-0.25, -0.2) is 4.68 Å². The minimum Gasteiger partial charge on any atom is -0.207 e. The molecule has 21 heavy (non-hydrogen) atoms. The fourth-order valence-electron chi connectivity index (χ4n) is 1.89. The third-order valence-electron chi connectivity index (χ3n) is 3.02. The Morgan fingerprint density at radius 3 is 2.10 bits per heavy atom. The number of rotatable bonds is 1. The Bertz CT molecular complexity index is 685. The Balaban J connectivity index is 2.54. The molecule has 0 fully saturated rings. The van der Waals surface area contributed by atoms with E-state index in [4.69, 9.17) is 5.26 Å². The molecule has 4 nitrogen and oxygen atoms in total. The number of hydrogen-bond donors (Lipinski definition) is 0. The van der Waals surface area contributed by atoms with Crippen molar-refractivity contribution in [1.29, 1.82) is 5.26 Å².